The highest BCUT2D eigenvalue weighted by Crippen LogP contribution is 2.28. The van der Waals surface area contributed by atoms with Gasteiger partial charge in [-0.15, -0.1) is 6.58 Å². The fourth-order valence-electron chi connectivity index (χ4n) is 1.99. The molecule has 0 aromatic heterocycles. The second kappa shape index (κ2) is 5.41. The second-order valence-electron chi connectivity index (χ2n) is 5.43. The Balaban J connectivity index is 2.07. The number of rotatable bonds is 6. The lowest BCUT2D eigenvalue weighted by Crippen LogP contribution is -2.33. The molecule has 0 spiro atoms. The van der Waals surface area contributed by atoms with E-state index in [4.69, 9.17) is 11.6 Å². The van der Waals surface area contributed by atoms with Crippen LogP contribution in [0.3, 0.4) is 0 Å². The minimum absolute atomic E-state index is 0.145. The Hall–Kier alpha value is -0.860. The summed E-state index contributed by atoms with van der Waals surface area (Å²) in [6.45, 7) is 6.80. The van der Waals surface area contributed by atoms with Gasteiger partial charge in [0.2, 0.25) is 0 Å². The summed E-state index contributed by atoms with van der Waals surface area (Å²) in [5.41, 5.74) is 0.510. The van der Waals surface area contributed by atoms with Crippen LogP contribution in [-0.2, 0) is 6.42 Å². The quantitative estimate of drug-likeness (QED) is 0.769. The highest BCUT2D eigenvalue weighted by molar-refractivity contribution is 6.30. The third-order valence-electron chi connectivity index (χ3n) is 3.47. The van der Waals surface area contributed by atoms with Crippen molar-refractivity contribution in [3.05, 3.63) is 47.3 Å². The summed E-state index contributed by atoms with van der Waals surface area (Å²) < 4.78 is 13.7. The summed E-state index contributed by atoms with van der Waals surface area (Å²) in [5.74, 6) is -0.195. The molecule has 0 amide bonds. The number of nitrogens with one attached hydrogen (secondary N) is 1. The molecule has 1 fully saturated rings. The normalized spacial score (nSPS) is 18.4. The van der Waals surface area contributed by atoms with Gasteiger partial charge in [-0.2, -0.15) is 0 Å². The molecule has 18 heavy (non-hydrogen) atoms. The Labute approximate surface area is 113 Å². The third kappa shape index (κ3) is 3.56. The first-order chi connectivity index (χ1) is 8.52. The van der Waals surface area contributed by atoms with Gasteiger partial charge in [0.25, 0.3) is 0 Å². The predicted octanol–water partition coefficient (Wildman–Crippen LogP) is 3.97. The van der Waals surface area contributed by atoms with Gasteiger partial charge >= 0.3 is 0 Å². The Bertz CT molecular complexity index is 442. The van der Waals surface area contributed by atoms with E-state index in [2.05, 4.69) is 18.8 Å². The first kappa shape index (κ1) is 13.6. The van der Waals surface area contributed by atoms with Crippen molar-refractivity contribution >= 4 is 11.6 Å². The zero-order valence-corrected chi connectivity index (χ0v) is 11.4. The molecule has 1 saturated carbocycles. The maximum absolute atomic E-state index is 13.7. The maximum atomic E-state index is 13.7. The summed E-state index contributed by atoms with van der Waals surface area (Å²) in [6, 6.07) is 5.35. The van der Waals surface area contributed by atoms with Crippen LogP contribution >= 0.6 is 11.6 Å². The van der Waals surface area contributed by atoms with Crippen LogP contribution < -0.4 is 5.32 Å². The monoisotopic (exact) mass is 267 g/mol. The number of hydrogen-bond donors (Lipinski definition) is 1. The largest absolute Gasteiger partial charge is 0.313 e. The fraction of sp³-hybridized carbons (Fsp3) is 0.467. The van der Waals surface area contributed by atoms with Gasteiger partial charge in [0, 0.05) is 23.0 Å². The van der Waals surface area contributed by atoms with E-state index in [1.165, 1.54) is 18.9 Å². The molecule has 1 aromatic rings. The van der Waals surface area contributed by atoms with E-state index in [9.17, 15) is 4.39 Å². The number of halogens is 2. The molecule has 0 heterocycles. The van der Waals surface area contributed by atoms with Gasteiger partial charge in [0.1, 0.15) is 5.82 Å². The Kier molecular flexibility index (Phi) is 4.08. The molecule has 0 radical (unpaired) electrons. The first-order valence-corrected chi connectivity index (χ1v) is 6.71. The van der Waals surface area contributed by atoms with Gasteiger partial charge < -0.3 is 5.32 Å². The van der Waals surface area contributed by atoms with E-state index in [-0.39, 0.29) is 11.2 Å². The molecule has 2 rings (SSSR count). The fourth-order valence-corrected chi connectivity index (χ4v) is 2.18. The van der Waals surface area contributed by atoms with Crippen LogP contribution in [0.1, 0.15) is 25.3 Å². The van der Waals surface area contributed by atoms with Gasteiger partial charge in [-0.3, -0.25) is 0 Å². The first-order valence-electron chi connectivity index (χ1n) is 6.33. The van der Waals surface area contributed by atoms with Crippen LogP contribution in [0.2, 0.25) is 5.02 Å². The van der Waals surface area contributed by atoms with E-state index in [0.29, 0.717) is 23.0 Å². The molecule has 0 saturated heterocycles. The number of benzene rings is 1. The summed E-state index contributed by atoms with van der Waals surface area (Å²) in [6.07, 6.45) is 5.02. The van der Waals surface area contributed by atoms with Crippen molar-refractivity contribution in [3.8, 4) is 0 Å². The van der Waals surface area contributed by atoms with Crippen molar-refractivity contribution in [3.63, 3.8) is 0 Å². The van der Waals surface area contributed by atoms with Gasteiger partial charge in [-0.05, 0) is 43.0 Å². The molecule has 98 valence electrons. The molecular weight excluding hydrogens is 249 g/mol. The summed E-state index contributed by atoms with van der Waals surface area (Å²) in [5, 5.41) is 4.05. The summed E-state index contributed by atoms with van der Waals surface area (Å²) in [7, 11) is 0. The van der Waals surface area contributed by atoms with Crippen molar-refractivity contribution in [1.82, 2.24) is 5.32 Å². The minimum atomic E-state index is -0.195. The van der Waals surface area contributed by atoms with Crippen LogP contribution in [0.15, 0.2) is 30.9 Å². The predicted molar refractivity (Wildman–Crippen MR) is 74.4 cm³/mol. The Morgan fingerprint density at radius 3 is 2.89 bits per heavy atom. The van der Waals surface area contributed by atoms with Gasteiger partial charge in [-0.1, -0.05) is 24.6 Å². The highest BCUT2D eigenvalue weighted by Gasteiger charge is 2.27. The lowest BCUT2D eigenvalue weighted by molar-refractivity contribution is 0.383. The molecule has 1 atom stereocenters. The topological polar surface area (TPSA) is 12.0 Å². The SMILES string of the molecule is C=CC(C)(CNC1CC1)Cc1cc(Cl)ccc1F. The van der Waals surface area contributed by atoms with Crippen LogP contribution in [0.5, 0.6) is 0 Å². The average Bonchev–Trinajstić information content (AvgIpc) is 3.15. The molecule has 1 aromatic carbocycles. The molecule has 3 heteroatoms. The van der Waals surface area contributed by atoms with Crippen LogP contribution in [0.25, 0.3) is 0 Å². The van der Waals surface area contributed by atoms with Crippen LogP contribution in [0.4, 0.5) is 4.39 Å². The van der Waals surface area contributed by atoms with Gasteiger partial charge in [-0.25, -0.2) is 4.39 Å². The van der Waals surface area contributed by atoms with Crippen LogP contribution in [0, 0.1) is 11.2 Å². The zero-order valence-electron chi connectivity index (χ0n) is 10.7. The van der Waals surface area contributed by atoms with E-state index < -0.39 is 0 Å². The lowest BCUT2D eigenvalue weighted by Gasteiger charge is -2.26. The van der Waals surface area contributed by atoms with E-state index in [0.717, 1.165) is 6.54 Å². The minimum Gasteiger partial charge on any atom is -0.313 e. The summed E-state index contributed by atoms with van der Waals surface area (Å²) in [4.78, 5) is 0. The molecule has 1 aliphatic rings. The molecule has 1 unspecified atom stereocenters. The summed E-state index contributed by atoms with van der Waals surface area (Å²) >= 11 is 5.92. The lowest BCUT2D eigenvalue weighted by atomic mass is 9.83. The molecule has 0 bridgehead atoms. The maximum Gasteiger partial charge on any atom is 0.126 e. The Morgan fingerprint density at radius 1 is 1.56 bits per heavy atom. The van der Waals surface area contributed by atoms with Crippen LogP contribution in [-0.4, -0.2) is 12.6 Å². The molecule has 0 aliphatic heterocycles. The van der Waals surface area contributed by atoms with Crippen molar-refractivity contribution in [2.24, 2.45) is 5.41 Å². The molecule has 1 nitrogen and oxygen atoms in total. The number of hydrogen-bond acceptors (Lipinski definition) is 1. The zero-order chi connectivity index (χ0) is 13.2. The van der Waals surface area contributed by atoms with Gasteiger partial charge in [0.15, 0.2) is 0 Å². The average molecular weight is 268 g/mol. The smallest absolute Gasteiger partial charge is 0.126 e. The van der Waals surface area contributed by atoms with Gasteiger partial charge in [0.05, 0.1) is 0 Å². The van der Waals surface area contributed by atoms with E-state index >= 15 is 0 Å². The molecule has 1 N–H and O–H groups in total. The molecular formula is C15H19ClFN. The second-order valence-corrected chi connectivity index (χ2v) is 5.86. The highest BCUT2D eigenvalue weighted by atomic mass is 35.5. The molecule has 1 aliphatic carbocycles. The van der Waals surface area contributed by atoms with Crippen molar-refractivity contribution in [1.29, 1.82) is 0 Å². The van der Waals surface area contributed by atoms with E-state index in [1.54, 1.807) is 12.1 Å². The van der Waals surface area contributed by atoms with Crippen molar-refractivity contribution in [2.75, 3.05) is 6.54 Å². The standard InChI is InChI=1S/C15H19ClFN/c1-3-15(2,10-18-13-5-6-13)9-11-8-12(16)4-7-14(11)17/h3-4,7-8,13,18H,1,5-6,9-10H2,2H3. The Morgan fingerprint density at radius 2 is 2.28 bits per heavy atom. The van der Waals surface area contributed by atoms with Crippen molar-refractivity contribution in [2.45, 2.75) is 32.2 Å². The van der Waals surface area contributed by atoms with Crippen molar-refractivity contribution < 1.29 is 4.39 Å². The third-order valence-corrected chi connectivity index (χ3v) is 3.70. The van der Waals surface area contributed by atoms with E-state index in [1.807, 2.05) is 6.08 Å².